The number of carboxylic acid groups (broad SMARTS) is 2. The summed E-state index contributed by atoms with van der Waals surface area (Å²) in [6.45, 7) is 2.73. The highest BCUT2D eigenvalue weighted by atomic mass is 16.5. The predicted molar refractivity (Wildman–Crippen MR) is 86.2 cm³/mol. The first kappa shape index (κ1) is 16.5. The van der Waals surface area contributed by atoms with Crippen LogP contribution in [0.2, 0.25) is 0 Å². The Morgan fingerprint density at radius 2 is 1.48 bits per heavy atom. The zero-order valence-corrected chi connectivity index (χ0v) is 12.8. The van der Waals surface area contributed by atoms with E-state index in [4.69, 9.17) is 14.9 Å². The van der Waals surface area contributed by atoms with Crippen LogP contribution >= 0.6 is 0 Å². The van der Waals surface area contributed by atoms with Gasteiger partial charge in [0.15, 0.2) is 0 Å². The third kappa shape index (κ3) is 4.32. The zero-order valence-electron chi connectivity index (χ0n) is 12.8. The Bertz CT molecular complexity index is 672. The average molecular weight is 314 g/mol. The summed E-state index contributed by atoms with van der Waals surface area (Å²) in [5.41, 5.74) is 1.17. The lowest BCUT2D eigenvalue weighted by Gasteiger charge is -2.08. The number of aromatic carboxylic acids is 2. The minimum Gasteiger partial charge on any atom is -0.494 e. The Labute approximate surface area is 134 Å². The van der Waals surface area contributed by atoms with Crippen molar-refractivity contribution in [2.24, 2.45) is 0 Å². The molecule has 0 bridgehead atoms. The largest absolute Gasteiger partial charge is 0.494 e. The summed E-state index contributed by atoms with van der Waals surface area (Å²) in [5, 5.41) is 18.2. The molecule has 0 fully saturated rings. The quantitative estimate of drug-likeness (QED) is 0.756. The Morgan fingerprint density at radius 3 is 1.96 bits per heavy atom. The van der Waals surface area contributed by atoms with Crippen molar-refractivity contribution in [1.82, 2.24) is 0 Å². The molecule has 0 heterocycles. The second kappa shape index (κ2) is 7.45. The van der Waals surface area contributed by atoms with Gasteiger partial charge in [-0.1, -0.05) is 25.5 Å². The predicted octanol–water partition coefficient (Wildman–Crippen LogP) is 3.93. The number of hydrogen-bond acceptors (Lipinski definition) is 3. The van der Waals surface area contributed by atoms with Crippen LogP contribution in [-0.2, 0) is 0 Å². The maximum absolute atomic E-state index is 11.1. The molecular weight excluding hydrogens is 296 g/mol. The smallest absolute Gasteiger partial charge is 0.335 e. The van der Waals surface area contributed by atoms with E-state index in [2.05, 4.69) is 6.92 Å². The zero-order chi connectivity index (χ0) is 16.8. The molecule has 0 aliphatic heterocycles. The standard InChI is InChI=1S/C18H18O5/c1-2-3-8-23-16-6-4-12(5-7-16)13-9-14(17(19)20)11-15(10-13)18(21)22/h4-7,9-11H,2-3,8H2,1H3,(H,19,20)(H,21,22). The van der Waals surface area contributed by atoms with Crippen molar-refractivity contribution in [3.8, 4) is 16.9 Å². The summed E-state index contributed by atoms with van der Waals surface area (Å²) in [5.74, 6) is -1.59. The number of hydrogen-bond donors (Lipinski definition) is 2. The highest BCUT2D eigenvalue weighted by molar-refractivity contribution is 5.96. The SMILES string of the molecule is CCCCOc1ccc(-c2cc(C(=O)O)cc(C(=O)O)c2)cc1. The highest BCUT2D eigenvalue weighted by Gasteiger charge is 2.12. The van der Waals surface area contributed by atoms with E-state index in [1.807, 2.05) is 0 Å². The molecule has 5 nitrogen and oxygen atoms in total. The van der Waals surface area contributed by atoms with Crippen LogP contribution < -0.4 is 4.74 Å². The maximum atomic E-state index is 11.1. The molecule has 5 heteroatoms. The number of carbonyl (C=O) groups is 2. The molecule has 23 heavy (non-hydrogen) atoms. The summed E-state index contributed by atoms with van der Waals surface area (Å²) in [4.78, 5) is 22.3. The summed E-state index contributed by atoms with van der Waals surface area (Å²) in [6, 6.07) is 11.2. The average Bonchev–Trinajstić information content (AvgIpc) is 2.55. The van der Waals surface area contributed by atoms with E-state index >= 15 is 0 Å². The molecule has 0 aromatic heterocycles. The van der Waals surface area contributed by atoms with Crippen molar-refractivity contribution in [3.63, 3.8) is 0 Å². The van der Waals surface area contributed by atoms with E-state index in [9.17, 15) is 9.59 Å². The molecule has 0 atom stereocenters. The fourth-order valence-corrected chi connectivity index (χ4v) is 2.12. The van der Waals surface area contributed by atoms with Crippen LogP contribution in [0.5, 0.6) is 5.75 Å². The van der Waals surface area contributed by atoms with Crippen molar-refractivity contribution in [2.45, 2.75) is 19.8 Å². The van der Waals surface area contributed by atoms with Crippen molar-refractivity contribution >= 4 is 11.9 Å². The van der Waals surface area contributed by atoms with E-state index < -0.39 is 11.9 Å². The lowest BCUT2D eigenvalue weighted by Crippen LogP contribution is -2.03. The van der Waals surface area contributed by atoms with E-state index in [1.165, 1.54) is 12.1 Å². The molecule has 0 amide bonds. The molecular formula is C18H18O5. The van der Waals surface area contributed by atoms with Gasteiger partial charge in [-0.2, -0.15) is 0 Å². The van der Waals surface area contributed by atoms with Gasteiger partial charge in [0.05, 0.1) is 17.7 Å². The van der Waals surface area contributed by atoms with Gasteiger partial charge >= 0.3 is 11.9 Å². The van der Waals surface area contributed by atoms with Gasteiger partial charge in [0.1, 0.15) is 5.75 Å². The Balaban J connectivity index is 2.30. The maximum Gasteiger partial charge on any atom is 0.335 e. The molecule has 0 spiro atoms. The fraction of sp³-hybridized carbons (Fsp3) is 0.222. The molecule has 2 N–H and O–H groups in total. The first-order valence-electron chi connectivity index (χ1n) is 7.36. The van der Waals surface area contributed by atoms with Crippen LogP contribution in [0, 0.1) is 0 Å². The summed E-state index contributed by atoms with van der Waals surface area (Å²) >= 11 is 0. The normalized spacial score (nSPS) is 10.3. The van der Waals surface area contributed by atoms with Gasteiger partial charge < -0.3 is 14.9 Å². The Hall–Kier alpha value is -2.82. The lowest BCUT2D eigenvalue weighted by molar-refractivity contribution is 0.0696. The van der Waals surface area contributed by atoms with E-state index in [0.29, 0.717) is 12.2 Å². The highest BCUT2D eigenvalue weighted by Crippen LogP contribution is 2.25. The van der Waals surface area contributed by atoms with Gasteiger partial charge in [-0.3, -0.25) is 0 Å². The second-order valence-electron chi connectivity index (χ2n) is 5.14. The third-order valence-electron chi connectivity index (χ3n) is 3.38. The minimum absolute atomic E-state index is 0.0526. The van der Waals surface area contributed by atoms with Gasteiger partial charge in [-0.05, 0) is 47.9 Å². The molecule has 0 unspecified atom stereocenters. The fourth-order valence-electron chi connectivity index (χ4n) is 2.12. The first-order chi connectivity index (χ1) is 11.0. The number of ether oxygens (including phenoxy) is 1. The van der Waals surface area contributed by atoms with E-state index in [0.717, 1.165) is 30.2 Å². The Morgan fingerprint density at radius 1 is 0.913 bits per heavy atom. The van der Waals surface area contributed by atoms with Gasteiger partial charge in [0, 0.05) is 0 Å². The van der Waals surface area contributed by atoms with Gasteiger partial charge in [0.2, 0.25) is 0 Å². The summed E-state index contributed by atoms with van der Waals surface area (Å²) < 4.78 is 5.57. The molecule has 0 aliphatic rings. The minimum atomic E-state index is -1.16. The number of benzene rings is 2. The van der Waals surface area contributed by atoms with Crippen molar-refractivity contribution in [3.05, 3.63) is 53.6 Å². The molecule has 0 aliphatic carbocycles. The van der Waals surface area contributed by atoms with Crippen LogP contribution in [0.15, 0.2) is 42.5 Å². The number of unbranched alkanes of at least 4 members (excludes halogenated alkanes) is 1. The van der Waals surface area contributed by atoms with Gasteiger partial charge in [0.25, 0.3) is 0 Å². The molecule has 2 rings (SSSR count). The topological polar surface area (TPSA) is 83.8 Å². The molecule has 0 saturated heterocycles. The number of carboxylic acids is 2. The van der Waals surface area contributed by atoms with Gasteiger partial charge in [-0.15, -0.1) is 0 Å². The van der Waals surface area contributed by atoms with Crippen LogP contribution in [0.25, 0.3) is 11.1 Å². The molecule has 0 radical (unpaired) electrons. The second-order valence-corrected chi connectivity index (χ2v) is 5.14. The molecule has 2 aromatic carbocycles. The van der Waals surface area contributed by atoms with Crippen molar-refractivity contribution < 1.29 is 24.5 Å². The monoisotopic (exact) mass is 314 g/mol. The van der Waals surface area contributed by atoms with Crippen LogP contribution in [-0.4, -0.2) is 28.8 Å². The third-order valence-corrected chi connectivity index (χ3v) is 3.38. The van der Waals surface area contributed by atoms with E-state index in [-0.39, 0.29) is 11.1 Å². The summed E-state index contributed by atoms with van der Waals surface area (Å²) in [7, 11) is 0. The number of rotatable bonds is 7. The Kier molecular flexibility index (Phi) is 5.36. The molecule has 2 aromatic rings. The van der Waals surface area contributed by atoms with Crippen LogP contribution in [0.4, 0.5) is 0 Å². The van der Waals surface area contributed by atoms with Crippen LogP contribution in [0.1, 0.15) is 40.5 Å². The van der Waals surface area contributed by atoms with Crippen LogP contribution in [0.3, 0.4) is 0 Å². The van der Waals surface area contributed by atoms with Gasteiger partial charge in [-0.25, -0.2) is 9.59 Å². The molecule has 120 valence electrons. The lowest BCUT2D eigenvalue weighted by atomic mass is 9.99. The van der Waals surface area contributed by atoms with Crippen molar-refractivity contribution in [2.75, 3.05) is 6.61 Å². The van der Waals surface area contributed by atoms with E-state index in [1.54, 1.807) is 24.3 Å². The summed E-state index contributed by atoms with van der Waals surface area (Å²) in [6.07, 6.45) is 2.03. The first-order valence-corrected chi connectivity index (χ1v) is 7.36. The molecule has 0 saturated carbocycles. The van der Waals surface area contributed by atoms with Crippen molar-refractivity contribution in [1.29, 1.82) is 0 Å².